The number of ether oxygens (including phenoxy) is 3. The average Bonchev–Trinajstić information content (AvgIpc) is 2.88. The minimum absolute atomic E-state index is 0.140. The Morgan fingerprint density at radius 1 is 1.20 bits per heavy atom. The van der Waals surface area contributed by atoms with E-state index < -0.39 is 5.82 Å². The number of benzene rings is 2. The number of fused-ring (bicyclic) bond motifs is 1. The van der Waals surface area contributed by atoms with Gasteiger partial charge in [-0.15, -0.1) is 0 Å². The topological polar surface area (TPSA) is 53.7 Å². The van der Waals surface area contributed by atoms with Crippen molar-refractivity contribution in [3.63, 3.8) is 0 Å². The Labute approximate surface area is 115 Å². The molecule has 5 heteroatoms. The van der Waals surface area contributed by atoms with Crippen molar-refractivity contribution < 1.29 is 18.6 Å². The minimum Gasteiger partial charge on any atom is -0.454 e. The second-order valence-corrected chi connectivity index (χ2v) is 4.56. The van der Waals surface area contributed by atoms with Gasteiger partial charge in [-0.2, -0.15) is 0 Å². The maximum Gasteiger partial charge on any atom is 0.231 e. The van der Waals surface area contributed by atoms with Crippen molar-refractivity contribution in [2.24, 2.45) is 5.73 Å². The fourth-order valence-electron chi connectivity index (χ4n) is 2.05. The Morgan fingerprint density at radius 3 is 2.80 bits per heavy atom. The van der Waals surface area contributed by atoms with Crippen LogP contribution in [0.3, 0.4) is 0 Å². The van der Waals surface area contributed by atoms with Crippen LogP contribution < -0.4 is 19.9 Å². The van der Waals surface area contributed by atoms with Gasteiger partial charge in [-0.3, -0.25) is 0 Å². The Bertz CT molecular complexity index is 643. The number of halogens is 1. The van der Waals surface area contributed by atoms with Gasteiger partial charge in [0.1, 0.15) is 5.75 Å². The summed E-state index contributed by atoms with van der Waals surface area (Å²) in [7, 11) is 0. The van der Waals surface area contributed by atoms with Gasteiger partial charge >= 0.3 is 0 Å². The third kappa shape index (κ3) is 2.28. The molecule has 2 N–H and O–H groups in total. The van der Waals surface area contributed by atoms with Gasteiger partial charge in [0.25, 0.3) is 0 Å². The number of hydrogen-bond acceptors (Lipinski definition) is 4. The Balaban J connectivity index is 1.95. The Kier molecular flexibility index (Phi) is 3.20. The van der Waals surface area contributed by atoms with E-state index in [1.165, 1.54) is 6.07 Å². The van der Waals surface area contributed by atoms with Crippen molar-refractivity contribution in [1.82, 2.24) is 0 Å². The summed E-state index contributed by atoms with van der Waals surface area (Å²) in [6.07, 6.45) is 0. The highest BCUT2D eigenvalue weighted by atomic mass is 19.1. The van der Waals surface area contributed by atoms with E-state index >= 15 is 0 Å². The highest BCUT2D eigenvalue weighted by Gasteiger charge is 2.17. The van der Waals surface area contributed by atoms with Crippen molar-refractivity contribution in [2.45, 2.75) is 13.0 Å². The zero-order chi connectivity index (χ0) is 14.1. The third-order valence-electron chi connectivity index (χ3n) is 3.05. The number of para-hydroxylation sites is 1. The maximum atomic E-state index is 13.9. The summed E-state index contributed by atoms with van der Waals surface area (Å²) in [5, 5.41) is 0. The molecule has 1 heterocycles. The third-order valence-corrected chi connectivity index (χ3v) is 3.05. The SMILES string of the molecule is C[C@H](N)c1cccc(F)c1Oc1ccc2c(c1)OCO2. The van der Waals surface area contributed by atoms with E-state index in [-0.39, 0.29) is 18.6 Å². The van der Waals surface area contributed by atoms with Gasteiger partial charge in [0.2, 0.25) is 6.79 Å². The fraction of sp³-hybridized carbons (Fsp3) is 0.200. The molecule has 4 nitrogen and oxygen atoms in total. The molecule has 0 radical (unpaired) electrons. The highest BCUT2D eigenvalue weighted by molar-refractivity contribution is 5.49. The first-order chi connectivity index (χ1) is 9.65. The van der Waals surface area contributed by atoms with E-state index in [4.69, 9.17) is 19.9 Å². The van der Waals surface area contributed by atoms with Crippen LogP contribution >= 0.6 is 0 Å². The molecule has 0 aliphatic carbocycles. The van der Waals surface area contributed by atoms with Crippen LogP contribution in [0.1, 0.15) is 18.5 Å². The molecule has 1 aliphatic heterocycles. The molecule has 0 saturated carbocycles. The van der Waals surface area contributed by atoms with E-state index in [2.05, 4.69) is 0 Å². The molecule has 20 heavy (non-hydrogen) atoms. The molecule has 2 aromatic rings. The van der Waals surface area contributed by atoms with Crippen LogP contribution in [0, 0.1) is 5.82 Å². The highest BCUT2D eigenvalue weighted by Crippen LogP contribution is 2.38. The van der Waals surface area contributed by atoms with E-state index in [1.807, 2.05) is 0 Å². The average molecular weight is 275 g/mol. The van der Waals surface area contributed by atoms with Gasteiger partial charge < -0.3 is 19.9 Å². The molecule has 3 rings (SSSR count). The second kappa shape index (κ2) is 5.02. The summed E-state index contributed by atoms with van der Waals surface area (Å²) in [6.45, 7) is 1.96. The molecule has 0 unspecified atom stereocenters. The predicted molar refractivity (Wildman–Crippen MR) is 71.6 cm³/mol. The molecule has 2 aromatic carbocycles. The molecule has 0 aromatic heterocycles. The quantitative estimate of drug-likeness (QED) is 0.933. The van der Waals surface area contributed by atoms with Crippen LogP contribution in [0.4, 0.5) is 4.39 Å². The van der Waals surface area contributed by atoms with Crippen molar-refractivity contribution >= 4 is 0 Å². The summed E-state index contributed by atoms with van der Waals surface area (Å²) in [4.78, 5) is 0. The van der Waals surface area contributed by atoms with Gasteiger partial charge in [-0.25, -0.2) is 4.39 Å². The fourth-order valence-corrected chi connectivity index (χ4v) is 2.05. The Morgan fingerprint density at radius 2 is 2.00 bits per heavy atom. The summed E-state index contributed by atoms with van der Waals surface area (Å²) in [5.41, 5.74) is 6.45. The molecule has 0 amide bonds. The maximum absolute atomic E-state index is 13.9. The monoisotopic (exact) mass is 275 g/mol. The molecule has 0 spiro atoms. The van der Waals surface area contributed by atoms with Crippen LogP contribution in [0.25, 0.3) is 0 Å². The van der Waals surface area contributed by atoms with Crippen molar-refractivity contribution in [3.8, 4) is 23.0 Å². The smallest absolute Gasteiger partial charge is 0.231 e. The van der Waals surface area contributed by atoms with Crippen LogP contribution in [-0.4, -0.2) is 6.79 Å². The Hall–Kier alpha value is -2.27. The summed E-state index contributed by atoms with van der Waals surface area (Å²) in [5.74, 6) is 1.40. The zero-order valence-electron chi connectivity index (χ0n) is 10.9. The van der Waals surface area contributed by atoms with Crippen LogP contribution in [0.5, 0.6) is 23.0 Å². The summed E-state index contributed by atoms with van der Waals surface area (Å²) < 4.78 is 30.1. The van der Waals surface area contributed by atoms with Crippen molar-refractivity contribution in [2.75, 3.05) is 6.79 Å². The lowest BCUT2D eigenvalue weighted by molar-refractivity contribution is 0.174. The normalized spacial score (nSPS) is 14.2. The molecule has 104 valence electrons. The van der Waals surface area contributed by atoms with Crippen molar-refractivity contribution in [1.29, 1.82) is 0 Å². The van der Waals surface area contributed by atoms with Crippen LogP contribution in [-0.2, 0) is 0 Å². The van der Waals surface area contributed by atoms with Gasteiger partial charge in [0.05, 0.1) is 0 Å². The first-order valence-corrected chi connectivity index (χ1v) is 6.26. The van der Waals surface area contributed by atoms with Gasteiger partial charge in [0.15, 0.2) is 23.1 Å². The molecule has 0 fully saturated rings. The lowest BCUT2D eigenvalue weighted by atomic mass is 10.1. The molecular weight excluding hydrogens is 261 g/mol. The molecular formula is C15H14FNO3. The lowest BCUT2D eigenvalue weighted by Gasteiger charge is -2.14. The van der Waals surface area contributed by atoms with Gasteiger partial charge in [-0.05, 0) is 25.1 Å². The standard InChI is InChI=1S/C15H14FNO3/c1-9(17)11-3-2-4-12(16)15(11)20-10-5-6-13-14(7-10)19-8-18-13/h2-7,9H,8,17H2,1H3/t9-/m0/s1. The van der Waals surface area contributed by atoms with E-state index in [9.17, 15) is 4.39 Å². The summed E-state index contributed by atoms with van der Waals surface area (Å²) in [6, 6.07) is 9.47. The van der Waals surface area contributed by atoms with Crippen LogP contribution in [0.2, 0.25) is 0 Å². The molecule has 0 saturated heterocycles. The molecule has 1 atom stereocenters. The first-order valence-electron chi connectivity index (χ1n) is 6.26. The summed E-state index contributed by atoms with van der Waals surface area (Å²) >= 11 is 0. The second-order valence-electron chi connectivity index (χ2n) is 4.56. The number of nitrogens with two attached hydrogens (primary N) is 1. The predicted octanol–water partition coefficient (Wildman–Crippen LogP) is 3.37. The molecule has 0 bridgehead atoms. The van der Waals surface area contributed by atoms with E-state index in [1.54, 1.807) is 37.3 Å². The lowest BCUT2D eigenvalue weighted by Crippen LogP contribution is -2.07. The van der Waals surface area contributed by atoms with E-state index in [0.717, 1.165) is 0 Å². The molecule has 1 aliphatic rings. The van der Waals surface area contributed by atoms with Gasteiger partial charge in [0, 0.05) is 17.7 Å². The van der Waals surface area contributed by atoms with Crippen LogP contribution in [0.15, 0.2) is 36.4 Å². The van der Waals surface area contributed by atoms with Gasteiger partial charge in [-0.1, -0.05) is 12.1 Å². The number of hydrogen-bond donors (Lipinski definition) is 1. The minimum atomic E-state index is -0.447. The zero-order valence-corrected chi connectivity index (χ0v) is 10.9. The largest absolute Gasteiger partial charge is 0.454 e. The first kappa shape index (κ1) is 12.7. The van der Waals surface area contributed by atoms with E-state index in [0.29, 0.717) is 22.8 Å². The van der Waals surface area contributed by atoms with Crippen molar-refractivity contribution in [3.05, 3.63) is 47.8 Å². The number of rotatable bonds is 3.